The third-order valence-corrected chi connectivity index (χ3v) is 4.55. The minimum atomic E-state index is -0.948. The number of hydrogen-bond donors (Lipinski definition) is 1. The van der Waals surface area contributed by atoms with Gasteiger partial charge in [-0.25, -0.2) is 9.78 Å². The number of benzene rings is 1. The highest BCUT2D eigenvalue weighted by atomic mass is 79.9. The van der Waals surface area contributed by atoms with Crippen LogP contribution in [-0.4, -0.2) is 23.8 Å². The molecule has 120 valence electrons. The van der Waals surface area contributed by atoms with Crippen molar-refractivity contribution in [1.82, 2.24) is 18.7 Å². The lowest BCUT2D eigenvalue weighted by atomic mass is 10.1. The minimum absolute atomic E-state index is 0.117. The summed E-state index contributed by atoms with van der Waals surface area (Å²) in [5.41, 5.74) is 0.272. The Morgan fingerprint density at radius 3 is 2.48 bits per heavy atom. The molecule has 2 aromatic heterocycles. The highest BCUT2D eigenvalue weighted by Gasteiger charge is 2.19. The van der Waals surface area contributed by atoms with Crippen LogP contribution in [0, 0.1) is 0 Å². The molecule has 0 amide bonds. The zero-order chi connectivity index (χ0) is 16.7. The average molecular weight is 379 g/mol. The second-order valence-corrected chi connectivity index (χ2v) is 6.01. The largest absolute Gasteiger partial charge is 0.387 e. The van der Waals surface area contributed by atoms with Crippen LogP contribution in [0.2, 0.25) is 0 Å². The molecule has 8 heteroatoms. The van der Waals surface area contributed by atoms with E-state index >= 15 is 0 Å². The standard InChI is InChI=1S/C15H15BrN4O3/c1-18-11-12(17-14(18)16)19(2)15(23)20(13(11)22)8-10(21)9-6-4-3-5-7-9/h3-7,10,21H,8H2,1-2H3. The van der Waals surface area contributed by atoms with Gasteiger partial charge >= 0.3 is 5.69 Å². The number of halogens is 1. The van der Waals surface area contributed by atoms with Gasteiger partial charge in [0, 0.05) is 14.1 Å². The molecule has 23 heavy (non-hydrogen) atoms. The summed E-state index contributed by atoms with van der Waals surface area (Å²) in [5, 5.41) is 10.3. The minimum Gasteiger partial charge on any atom is -0.387 e. The second-order valence-electron chi connectivity index (χ2n) is 5.30. The first-order valence-electron chi connectivity index (χ1n) is 6.96. The normalized spacial score (nSPS) is 12.7. The fraction of sp³-hybridized carbons (Fsp3) is 0.267. The fourth-order valence-corrected chi connectivity index (χ4v) is 2.88. The molecule has 0 spiro atoms. The lowest BCUT2D eigenvalue weighted by Gasteiger charge is -2.13. The Morgan fingerprint density at radius 2 is 1.83 bits per heavy atom. The van der Waals surface area contributed by atoms with E-state index in [0.717, 1.165) is 4.57 Å². The third-order valence-electron chi connectivity index (χ3n) is 3.85. The first kappa shape index (κ1) is 15.7. The average Bonchev–Trinajstić information content (AvgIpc) is 2.86. The Hall–Kier alpha value is -2.19. The number of aliphatic hydroxyl groups excluding tert-OH is 1. The Morgan fingerprint density at radius 1 is 1.17 bits per heavy atom. The van der Waals surface area contributed by atoms with Crippen LogP contribution in [0.3, 0.4) is 0 Å². The van der Waals surface area contributed by atoms with E-state index in [-0.39, 0.29) is 6.54 Å². The van der Waals surface area contributed by atoms with Crippen molar-refractivity contribution in [3.63, 3.8) is 0 Å². The first-order valence-corrected chi connectivity index (χ1v) is 7.76. The monoisotopic (exact) mass is 378 g/mol. The van der Waals surface area contributed by atoms with Crippen LogP contribution in [0.5, 0.6) is 0 Å². The van der Waals surface area contributed by atoms with E-state index in [9.17, 15) is 14.7 Å². The first-order chi connectivity index (χ1) is 10.9. The van der Waals surface area contributed by atoms with Crippen molar-refractivity contribution in [3.05, 3.63) is 61.5 Å². The summed E-state index contributed by atoms with van der Waals surface area (Å²) in [6.07, 6.45) is -0.948. The molecule has 0 fully saturated rings. The van der Waals surface area contributed by atoms with Crippen LogP contribution >= 0.6 is 15.9 Å². The van der Waals surface area contributed by atoms with Gasteiger partial charge in [0.15, 0.2) is 15.9 Å². The summed E-state index contributed by atoms with van der Waals surface area (Å²) in [5.74, 6) is 0. The van der Waals surface area contributed by atoms with E-state index in [1.54, 1.807) is 42.9 Å². The van der Waals surface area contributed by atoms with E-state index < -0.39 is 17.4 Å². The van der Waals surface area contributed by atoms with Crippen molar-refractivity contribution in [3.8, 4) is 0 Å². The number of fused-ring (bicyclic) bond motifs is 1. The fourth-order valence-electron chi connectivity index (χ4n) is 2.53. The molecule has 0 aliphatic heterocycles. The van der Waals surface area contributed by atoms with Gasteiger partial charge in [0.2, 0.25) is 0 Å². The highest BCUT2D eigenvalue weighted by Crippen LogP contribution is 2.16. The molecule has 3 rings (SSSR count). The second kappa shape index (κ2) is 5.78. The van der Waals surface area contributed by atoms with Crippen LogP contribution in [0.1, 0.15) is 11.7 Å². The maximum Gasteiger partial charge on any atom is 0.332 e. The van der Waals surface area contributed by atoms with Gasteiger partial charge in [-0.2, -0.15) is 0 Å². The van der Waals surface area contributed by atoms with Gasteiger partial charge in [0.25, 0.3) is 5.56 Å². The zero-order valence-electron chi connectivity index (χ0n) is 12.6. The summed E-state index contributed by atoms with van der Waals surface area (Å²) < 4.78 is 4.37. The number of aromatic nitrogens is 4. The molecule has 1 N–H and O–H groups in total. The summed E-state index contributed by atoms with van der Waals surface area (Å²) in [6.45, 7) is -0.117. The number of aliphatic hydroxyl groups is 1. The van der Waals surface area contributed by atoms with Crippen molar-refractivity contribution in [2.45, 2.75) is 12.6 Å². The van der Waals surface area contributed by atoms with Crippen LogP contribution in [0.25, 0.3) is 11.2 Å². The van der Waals surface area contributed by atoms with Crippen molar-refractivity contribution >= 4 is 27.1 Å². The number of aryl methyl sites for hydroxylation is 2. The van der Waals surface area contributed by atoms with E-state index in [4.69, 9.17) is 0 Å². The molecule has 1 unspecified atom stereocenters. The molecule has 0 saturated carbocycles. The molecule has 1 aromatic carbocycles. The van der Waals surface area contributed by atoms with Gasteiger partial charge in [-0.3, -0.25) is 13.9 Å². The van der Waals surface area contributed by atoms with E-state index in [1.807, 2.05) is 6.07 Å². The van der Waals surface area contributed by atoms with Crippen LogP contribution in [-0.2, 0) is 20.6 Å². The van der Waals surface area contributed by atoms with Crippen LogP contribution in [0.4, 0.5) is 0 Å². The molecule has 7 nitrogen and oxygen atoms in total. The van der Waals surface area contributed by atoms with E-state index in [0.29, 0.717) is 21.5 Å². The molecule has 2 heterocycles. The van der Waals surface area contributed by atoms with E-state index in [1.165, 1.54) is 4.57 Å². The number of rotatable bonds is 3. The molecule has 1 atom stereocenters. The van der Waals surface area contributed by atoms with Crippen molar-refractivity contribution in [2.24, 2.45) is 14.1 Å². The summed E-state index contributed by atoms with van der Waals surface area (Å²) in [4.78, 5) is 29.3. The third kappa shape index (κ3) is 2.53. The predicted molar refractivity (Wildman–Crippen MR) is 89.3 cm³/mol. The van der Waals surface area contributed by atoms with Gasteiger partial charge in [0.1, 0.15) is 0 Å². The Labute approximate surface area is 139 Å². The SMILES string of the molecule is Cn1c(Br)nc2c1c(=O)n(CC(O)c1ccccc1)c(=O)n2C. The van der Waals surface area contributed by atoms with Gasteiger partial charge in [-0.05, 0) is 21.5 Å². The molecule has 0 bridgehead atoms. The molecule has 3 aromatic rings. The van der Waals surface area contributed by atoms with Gasteiger partial charge in [0.05, 0.1) is 12.6 Å². The molecular formula is C15H15BrN4O3. The van der Waals surface area contributed by atoms with Crippen LogP contribution in [0.15, 0.2) is 44.7 Å². The Balaban J connectivity index is 2.17. The quantitative estimate of drug-likeness (QED) is 0.687. The van der Waals surface area contributed by atoms with Gasteiger partial charge in [-0.1, -0.05) is 30.3 Å². The number of hydrogen-bond acceptors (Lipinski definition) is 4. The maximum atomic E-state index is 12.7. The molecule has 0 aliphatic rings. The zero-order valence-corrected chi connectivity index (χ0v) is 14.2. The lowest BCUT2D eigenvalue weighted by molar-refractivity contribution is 0.153. The highest BCUT2D eigenvalue weighted by molar-refractivity contribution is 9.10. The Kier molecular flexibility index (Phi) is 3.95. The summed E-state index contributed by atoms with van der Waals surface area (Å²) in [7, 11) is 3.23. The van der Waals surface area contributed by atoms with Crippen molar-refractivity contribution < 1.29 is 5.11 Å². The van der Waals surface area contributed by atoms with Crippen LogP contribution < -0.4 is 11.2 Å². The molecule has 0 aliphatic carbocycles. The van der Waals surface area contributed by atoms with Gasteiger partial charge < -0.3 is 9.67 Å². The van der Waals surface area contributed by atoms with E-state index in [2.05, 4.69) is 20.9 Å². The van der Waals surface area contributed by atoms with Crippen molar-refractivity contribution in [2.75, 3.05) is 0 Å². The number of nitrogens with zero attached hydrogens (tertiary/aromatic N) is 4. The smallest absolute Gasteiger partial charge is 0.332 e. The molecule has 0 radical (unpaired) electrons. The van der Waals surface area contributed by atoms with Gasteiger partial charge in [-0.15, -0.1) is 0 Å². The molecule has 0 saturated heterocycles. The summed E-state index contributed by atoms with van der Waals surface area (Å²) >= 11 is 3.25. The summed E-state index contributed by atoms with van der Waals surface area (Å²) in [6, 6.07) is 8.92. The molecular weight excluding hydrogens is 364 g/mol. The predicted octanol–water partition coefficient (Wildman–Crippen LogP) is 0.930. The van der Waals surface area contributed by atoms with Crippen molar-refractivity contribution in [1.29, 1.82) is 0 Å². The Bertz CT molecular complexity index is 988. The topological polar surface area (TPSA) is 82.1 Å². The maximum absolute atomic E-state index is 12.7. The lowest BCUT2D eigenvalue weighted by Crippen LogP contribution is -2.40. The number of imidazole rings is 1.